The molecule has 110 valence electrons. The Balaban J connectivity index is 2.28. The Morgan fingerprint density at radius 1 is 1.14 bits per heavy atom. The molecule has 3 heteroatoms. The largest absolute Gasteiger partial charge is 0.493 e. The van der Waals surface area contributed by atoms with Crippen LogP contribution in [0.2, 0.25) is 0 Å². The number of aliphatic imine (C=N–C) groups is 1. The van der Waals surface area contributed by atoms with E-state index in [1.54, 1.807) is 0 Å². The number of ether oxygens (including phenoxy) is 1. The van der Waals surface area contributed by atoms with Gasteiger partial charge in [-0.2, -0.15) is 0 Å². The number of benzene rings is 2. The Morgan fingerprint density at radius 2 is 1.95 bits per heavy atom. The van der Waals surface area contributed by atoms with Crippen LogP contribution < -0.4 is 4.74 Å². The van der Waals surface area contributed by atoms with Crippen LogP contribution in [-0.4, -0.2) is 12.8 Å². The van der Waals surface area contributed by atoms with Crippen molar-refractivity contribution in [1.82, 2.24) is 0 Å². The van der Waals surface area contributed by atoms with Crippen LogP contribution in [-0.2, 0) is 0 Å². The van der Waals surface area contributed by atoms with Gasteiger partial charge in [-0.3, -0.25) is 4.99 Å². The normalized spacial score (nSPS) is 11.0. The lowest BCUT2D eigenvalue weighted by molar-refractivity contribution is 0.317. The summed E-state index contributed by atoms with van der Waals surface area (Å²) in [7, 11) is 0. The quantitative estimate of drug-likeness (QED) is 0.645. The molecule has 2 aromatic rings. The molecule has 2 rings (SSSR count). The minimum Gasteiger partial charge on any atom is -0.493 e. The zero-order valence-corrected chi connectivity index (χ0v) is 14.3. The minimum absolute atomic E-state index is 0.714. The molecule has 0 unspecified atom stereocenters. The van der Waals surface area contributed by atoms with Gasteiger partial charge in [-0.15, -0.1) is 0 Å². The van der Waals surface area contributed by atoms with Crippen LogP contribution >= 0.6 is 15.9 Å². The summed E-state index contributed by atoms with van der Waals surface area (Å²) in [6.07, 6.45) is 2.86. The van der Waals surface area contributed by atoms with Gasteiger partial charge in [-0.05, 0) is 50.1 Å². The Hall–Kier alpha value is -1.61. The van der Waals surface area contributed by atoms with Gasteiger partial charge in [0.1, 0.15) is 5.75 Å². The van der Waals surface area contributed by atoms with E-state index >= 15 is 0 Å². The molecule has 0 aliphatic carbocycles. The van der Waals surface area contributed by atoms with Crippen molar-refractivity contribution in [2.45, 2.75) is 27.2 Å². The lowest BCUT2D eigenvalue weighted by atomic mass is 10.1. The van der Waals surface area contributed by atoms with Crippen molar-refractivity contribution in [3.8, 4) is 5.75 Å². The van der Waals surface area contributed by atoms with Crippen molar-refractivity contribution in [3.05, 3.63) is 57.6 Å². The summed E-state index contributed by atoms with van der Waals surface area (Å²) in [5, 5.41) is 0. The third-order valence-corrected chi connectivity index (χ3v) is 3.62. The molecule has 0 fully saturated rings. The third kappa shape index (κ3) is 4.43. The van der Waals surface area contributed by atoms with Crippen molar-refractivity contribution in [3.63, 3.8) is 0 Å². The van der Waals surface area contributed by atoms with Gasteiger partial charge >= 0.3 is 0 Å². The highest BCUT2D eigenvalue weighted by Gasteiger charge is 2.03. The molecule has 0 aliphatic heterocycles. The molecular formula is C18H20BrNO. The summed E-state index contributed by atoms with van der Waals surface area (Å²) in [5.41, 5.74) is 4.40. The molecule has 0 saturated heterocycles. The Kier molecular flexibility index (Phi) is 5.57. The van der Waals surface area contributed by atoms with E-state index in [4.69, 9.17) is 4.74 Å². The second kappa shape index (κ2) is 7.41. The summed E-state index contributed by atoms with van der Waals surface area (Å²) in [5.74, 6) is 0.869. The molecule has 0 atom stereocenters. The van der Waals surface area contributed by atoms with Gasteiger partial charge in [-0.1, -0.05) is 40.5 Å². The van der Waals surface area contributed by atoms with Crippen LogP contribution in [0.1, 0.15) is 30.0 Å². The SMILES string of the molecule is CCCOc1ccc(Br)cc1C=Nc1ccc(C)cc1C. The third-order valence-electron chi connectivity index (χ3n) is 3.13. The number of aryl methyl sites for hydroxylation is 2. The monoisotopic (exact) mass is 345 g/mol. The van der Waals surface area contributed by atoms with Crippen molar-refractivity contribution in [2.75, 3.05) is 6.61 Å². The second-order valence-corrected chi connectivity index (χ2v) is 5.99. The van der Waals surface area contributed by atoms with Crippen molar-refractivity contribution in [2.24, 2.45) is 4.99 Å². The standard InChI is InChI=1S/C18H20BrNO/c1-4-9-21-18-8-6-16(19)11-15(18)12-20-17-7-5-13(2)10-14(17)3/h5-8,10-12H,4,9H2,1-3H3. The first kappa shape index (κ1) is 15.8. The fourth-order valence-corrected chi connectivity index (χ4v) is 2.43. The number of rotatable bonds is 5. The minimum atomic E-state index is 0.714. The maximum Gasteiger partial charge on any atom is 0.128 e. The highest BCUT2D eigenvalue weighted by molar-refractivity contribution is 9.10. The number of hydrogen-bond acceptors (Lipinski definition) is 2. The van der Waals surface area contributed by atoms with E-state index in [1.165, 1.54) is 11.1 Å². The van der Waals surface area contributed by atoms with Gasteiger partial charge in [0.2, 0.25) is 0 Å². The zero-order chi connectivity index (χ0) is 15.2. The molecule has 0 saturated carbocycles. The first-order valence-electron chi connectivity index (χ1n) is 7.14. The average molecular weight is 346 g/mol. The fraction of sp³-hybridized carbons (Fsp3) is 0.278. The predicted octanol–water partition coefficient (Wildman–Crippen LogP) is 5.61. The zero-order valence-electron chi connectivity index (χ0n) is 12.7. The highest BCUT2D eigenvalue weighted by atomic mass is 79.9. The van der Waals surface area contributed by atoms with Gasteiger partial charge in [0.15, 0.2) is 0 Å². The van der Waals surface area contributed by atoms with Crippen LogP contribution in [0.5, 0.6) is 5.75 Å². The first-order valence-corrected chi connectivity index (χ1v) is 7.93. The van der Waals surface area contributed by atoms with Gasteiger partial charge < -0.3 is 4.74 Å². The van der Waals surface area contributed by atoms with Crippen LogP contribution in [0.15, 0.2) is 45.9 Å². The van der Waals surface area contributed by atoms with Gasteiger partial charge in [-0.25, -0.2) is 0 Å². The molecule has 0 N–H and O–H groups in total. The van der Waals surface area contributed by atoms with E-state index in [2.05, 4.69) is 53.8 Å². The summed E-state index contributed by atoms with van der Waals surface area (Å²) >= 11 is 3.50. The topological polar surface area (TPSA) is 21.6 Å². The lowest BCUT2D eigenvalue weighted by Crippen LogP contribution is -1.98. The van der Waals surface area contributed by atoms with Crippen LogP contribution in [0.4, 0.5) is 5.69 Å². The molecule has 0 spiro atoms. The lowest BCUT2D eigenvalue weighted by Gasteiger charge is -2.08. The molecule has 21 heavy (non-hydrogen) atoms. The molecule has 0 heterocycles. The Bertz CT molecular complexity index is 650. The maximum absolute atomic E-state index is 5.77. The molecule has 0 bridgehead atoms. The van der Waals surface area contributed by atoms with Crippen molar-refractivity contribution >= 4 is 27.8 Å². The number of halogens is 1. The van der Waals surface area contributed by atoms with E-state index in [1.807, 2.05) is 30.5 Å². The number of hydrogen-bond donors (Lipinski definition) is 0. The smallest absolute Gasteiger partial charge is 0.128 e. The number of nitrogens with zero attached hydrogens (tertiary/aromatic N) is 1. The summed E-state index contributed by atoms with van der Waals surface area (Å²) in [6.45, 7) is 6.98. The average Bonchev–Trinajstić information content (AvgIpc) is 2.45. The van der Waals surface area contributed by atoms with E-state index in [-0.39, 0.29) is 0 Å². The first-order chi connectivity index (χ1) is 10.1. The van der Waals surface area contributed by atoms with Crippen LogP contribution in [0.3, 0.4) is 0 Å². The highest BCUT2D eigenvalue weighted by Crippen LogP contribution is 2.24. The fourth-order valence-electron chi connectivity index (χ4n) is 2.05. The molecule has 0 radical (unpaired) electrons. The summed E-state index contributed by atoms with van der Waals surface area (Å²) in [4.78, 5) is 4.60. The predicted molar refractivity (Wildman–Crippen MR) is 93.1 cm³/mol. The van der Waals surface area contributed by atoms with Crippen molar-refractivity contribution in [1.29, 1.82) is 0 Å². The Labute approximate surface area is 135 Å². The van der Waals surface area contributed by atoms with E-state index in [0.717, 1.165) is 27.9 Å². The summed E-state index contributed by atoms with van der Waals surface area (Å²) < 4.78 is 6.79. The molecule has 0 amide bonds. The molecule has 2 aromatic carbocycles. The van der Waals surface area contributed by atoms with Gasteiger partial charge in [0, 0.05) is 16.3 Å². The summed E-state index contributed by atoms with van der Waals surface area (Å²) in [6, 6.07) is 12.3. The van der Waals surface area contributed by atoms with Gasteiger partial charge in [0.25, 0.3) is 0 Å². The molecule has 0 aromatic heterocycles. The molecular weight excluding hydrogens is 326 g/mol. The van der Waals surface area contributed by atoms with Crippen molar-refractivity contribution < 1.29 is 4.74 Å². The maximum atomic E-state index is 5.77. The second-order valence-electron chi connectivity index (χ2n) is 5.08. The van der Waals surface area contributed by atoms with Crippen LogP contribution in [0, 0.1) is 13.8 Å². The Morgan fingerprint density at radius 3 is 2.67 bits per heavy atom. The van der Waals surface area contributed by atoms with Crippen LogP contribution in [0.25, 0.3) is 0 Å². The van der Waals surface area contributed by atoms with E-state index in [0.29, 0.717) is 6.61 Å². The van der Waals surface area contributed by atoms with Gasteiger partial charge in [0.05, 0.1) is 12.3 Å². The molecule has 2 nitrogen and oxygen atoms in total. The van der Waals surface area contributed by atoms with E-state index in [9.17, 15) is 0 Å². The molecule has 0 aliphatic rings. The van der Waals surface area contributed by atoms with E-state index < -0.39 is 0 Å².